The Labute approximate surface area is 152 Å². The molecule has 0 bridgehead atoms. The molecule has 4 nitrogen and oxygen atoms in total. The van der Waals surface area contributed by atoms with Gasteiger partial charge in [0.25, 0.3) is 0 Å². The third-order valence-corrected chi connectivity index (χ3v) is 5.35. The summed E-state index contributed by atoms with van der Waals surface area (Å²) in [6.45, 7) is 1.87. The van der Waals surface area contributed by atoms with Crippen molar-refractivity contribution in [1.29, 1.82) is 0 Å². The van der Waals surface area contributed by atoms with E-state index in [9.17, 15) is 0 Å². The first-order valence-corrected chi connectivity index (χ1v) is 9.32. The van der Waals surface area contributed by atoms with Crippen LogP contribution in [0, 0.1) is 6.92 Å². The van der Waals surface area contributed by atoms with Gasteiger partial charge in [-0.15, -0.1) is 21.5 Å². The van der Waals surface area contributed by atoms with Crippen LogP contribution in [0.25, 0.3) is 0 Å². The number of rotatable bonds is 5. The van der Waals surface area contributed by atoms with Gasteiger partial charge in [-0.1, -0.05) is 47.1 Å². The number of thiophene rings is 1. The predicted octanol–water partition coefficient (Wildman–Crippen LogP) is 5.13. The van der Waals surface area contributed by atoms with Crippen LogP contribution < -0.4 is 0 Å². The zero-order valence-corrected chi connectivity index (χ0v) is 15.3. The molecular weight excluding hydrogens is 371 g/mol. The molecule has 0 unspecified atom stereocenters. The lowest BCUT2D eigenvalue weighted by Gasteiger charge is -2.04. The van der Waals surface area contributed by atoms with Gasteiger partial charge in [-0.05, 0) is 36.1 Å². The Morgan fingerprint density at radius 2 is 2.17 bits per heavy atom. The SMILES string of the molecule is Cc1nnc(SCc2ccc(Cl)cc2Cl)n1/N=C/c1cccs1. The molecule has 0 saturated heterocycles. The second-order valence-corrected chi connectivity index (χ2v) is 7.39. The number of benzene rings is 1. The summed E-state index contributed by atoms with van der Waals surface area (Å²) in [5.41, 5.74) is 0.996. The lowest BCUT2D eigenvalue weighted by atomic mass is 10.2. The molecule has 0 radical (unpaired) electrons. The van der Waals surface area contributed by atoms with Gasteiger partial charge in [0.1, 0.15) is 0 Å². The van der Waals surface area contributed by atoms with E-state index in [1.165, 1.54) is 11.8 Å². The molecule has 0 amide bonds. The molecule has 118 valence electrons. The smallest absolute Gasteiger partial charge is 0.192 e. The van der Waals surface area contributed by atoms with Crippen molar-refractivity contribution < 1.29 is 0 Å². The Morgan fingerprint density at radius 3 is 2.91 bits per heavy atom. The van der Waals surface area contributed by atoms with Crippen molar-refractivity contribution >= 4 is 52.5 Å². The Bertz CT molecular complexity index is 828. The molecule has 2 heterocycles. The summed E-state index contributed by atoms with van der Waals surface area (Å²) in [6.07, 6.45) is 1.81. The van der Waals surface area contributed by atoms with E-state index >= 15 is 0 Å². The third kappa shape index (κ3) is 4.14. The summed E-state index contributed by atoms with van der Waals surface area (Å²) in [5.74, 6) is 1.41. The molecule has 3 rings (SSSR count). The quantitative estimate of drug-likeness (QED) is 0.453. The number of halogens is 2. The van der Waals surface area contributed by atoms with E-state index in [0.29, 0.717) is 15.8 Å². The standard InChI is InChI=1S/C15H12Cl2N4S2/c1-10-19-20-15(21(10)18-8-13-3-2-6-22-13)23-9-11-4-5-12(16)7-14(11)17/h2-8H,9H2,1H3/b18-8+. The van der Waals surface area contributed by atoms with Crippen molar-refractivity contribution in [2.24, 2.45) is 5.10 Å². The molecular formula is C15H12Cl2N4S2. The summed E-state index contributed by atoms with van der Waals surface area (Å²) < 4.78 is 1.73. The molecule has 1 aromatic carbocycles. The molecule has 23 heavy (non-hydrogen) atoms. The van der Waals surface area contributed by atoms with E-state index in [2.05, 4.69) is 15.3 Å². The summed E-state index contributed by atoms with van der Waals surface area (Å²) in [4.78, 5) is 1.08. The van der Waals surface area contributed by atoms with Crippen molar-refractivity contribution in [1.82, 2.24) is 14.9 Å². The van der Waals surface area contributed by atoms with E-state index in [0.717, 1.165) is 21.4 Å². The lowest BCUT2D eigenvalue weighted by Crippen LogP contribution is -1.96. The first kappa shape index (κ1) is 16.5. The van der Waals surface area contributed by atoms with Crippen molar-refractivity contribution in [3.63, 3.8) is 0 Å². The van der Waals surface area contributed by atoms with Gasteiger partial charge in [-0.25, -0.2) is 0 Å². The molecule has 0 fully saturated rings. The molecule has 0 aliphatic rings. The molecule has 3 aromatic rings. The predicted molar refractivity (Wildman–Crippen MR) is 98.1 cm³/mol. The number of aromatic nitrogens is 3. The Kier molecular flexibility index (Phi) is 5.38. The zero-order chi connectivity index (χ0) is 16.2. The first-order chi connectivity index (χ1) is 11.1. The third-order valence-electron chi connectivity index (χ3n) is 2.98. The van der Waals surface area contributed by atoms with Gasteiger partial charge < -0.3 is 0 Å². The van der Waals surface area contributed by atoms with Gasteiger partial charge in [0.05, 0.1) is 6.21 Å². The Hall–Kier alpha value is -1.34. The number of thioether (sulfide) groups is 1. The van der Waals surface area contributed by atoms with Crippen molar-refractivity contribution in [3.8, 4) is 0 Å². The first-order valence-electron chi connectivity index (χ1n) is 6.70. The number of aryl methyl sites for hydroxylation is 1. The van der Waals surface area contributed by atoms with Crippen LogP contribution in [0.1, 0.15) is 16.3 Å². The minimum Gasteiger partial charge on any atom is -0.192 e. The fourth-order valence-corrected chi connectivity index (χ4v) is 3.89. The van der Waals surface area contributed by atoms with Crippen molar-refractivity contribution in [2.45, 2.75) is 17.8 Å². The van der Waals surface area contributed by atoms with E-state index in [1.54, 1.807) is 28.3 Å². The van der Waals surface area contributed by atoms with E-state index in [4.69, 9.17) is 23.2 Å². The van der Waals surface area contributed by atoms with Crippen LogP contribution in [0.5, 0.6) is 0 Å². The fraction of sp³-hybridized carbons (Fsp3) is 0.133. The highest BCUT2D eigenvalue weighted by Crippen LogP contribution is 2.28. The van der Waals surface area contributed by atoms with Crippen LogP contribution in [0.3, 0.4) is 0 Å². The second kappa shape index (κ2) is 7.49. The monoisotopic (exact) mass is 382 g/mol. The highest BCUT2D eigenvalue weighted by Gasteiger charge is 2.10. The van der Waals surface area contributed by atoms with Crippen LogP contribution >= 0.6 is 46.3 Å². The van der Waals surface area contributed by atoms with E-state index < -0.39 is 0 Å². The largest absolute Gasteiger partial charge is 0.212 e. The topological polar surface area (TPSA) is 43.1 Å². The fourth-order valence-electron chi connectivity index (χ4n) is 1.82. The average molecular weight is 383 g/mol. The normalized spacial score (nSPS) is 11.4. The van der Waals surface area contributed by atoms with Gasteiger partial charge in [0, 0.05) is 20.7 Å². The second-order valence-electron chi connectivity index (χ2n) is 4.63. The average Bonchev–Trinajstić information content (AvgIpc) is 3.14. The summed E-state index contributed by atoms with van der Waals surface area (Å²) in [5, 5.41) is 16.7. The minimum atomic E-state index is 0.628. The number of nitrogens with zero attached hydrogens (tertiary/aromatic N) is 4. The molecule has 0 atom stereocenters. The van der Waals surface area contributed by atoms with Crippen molar-refractivity contribution in [2.75, 3.05) is 0 Å². The Morgan fingerprint density at radius 1 is 1.30 bits per heavy atom. The molecule has 2 aromatic heterocycles. The number of hydrogen-bond acceptors (Lipinski definition) is 5. The minimum absolute atomic E-state index is 0.628. The molecule has 0 aliphatic carbocycles. The lowest BCUT2D eigenvalue weighted by molar-refractivity contribution is 0.744. The van der Waals surface area contributed by atoms with Gasteiger partial charge in [-0.3, -0.25) is 0 Å². The highest BCUT2D eigenvalue weighted by atomic mass is 35.5. The van der Waals surface area contributed by atoms with Gasteiger partial charge in [0.15, 0.2) is 5.82 Å². The van der Waals surface area contributed by atoms with E-state index in [1.807, 2.05) is 36.6 Å². The maximum absolute atomic E-state index is 6.20. The van der Waals surface area contributed by atoms with Gasteiger partial charge in [0.2, 0.25) is 5.16 Å². The van der Waals surface area contributed by atoms with Crippen LogP contribution in [0.2, 0.25) is 10.0 Å². The maximum Gasteiger partial charge on any atom is 0.212 e. The van der Waals surface area contributed by atoms with Crippen LogP contribution in [0.4, 0.5) is 0 Å². The molecule has 0 saturated carbocycles. The van der Waals surface area contributed by atoms with Gasteiger partial charge in [-0.2, -0.15) is 9.78 Å². The van der Waals surface area contributed by atoms with E-state index in [-0.39, 0.29) is 0 Å². The van der Waals surface area contributed by atoms with Crippen LogP contribution in [-0.4, -0.2) is 21.1 Å². The van der Waals surface area contributed by atoms with Gasteiger partial charge >= 0.3 is 0 Å². The van der Waals surface area contributed by atoms with Crippen LogP contribution in [-0.2, 0) is 5.75 Å². The Balaban J connectivity index is 1.76. The maximum atomic E-state index is 6.20. The molecule has 8 heteroatoms. The summed E-state index contributed by atoms with van der Waals surface area (Å²) in [6, 6.07) is 9.48. The molecule has 0 spiro atoms. The van der Waals surface area contributed by atoms with Crippen LogP contribution in [0.15, 0.2) is 46.0 Å². The molecule has 0 N–H and O–H groups in total. The highest BCUT2D eigenvalue weighted by molar-refractivity contribution is 7.98. The van der Waals surface area contributed by atoms with Crippen molar-refractivity contribution in [3.05, 3.63) is 62.0 Å². The summed E-state index contributed by atoms with van der Waals surface area (Å²) >= 11 is 15.3. The summed E-state index contributed by atoms with van der Waals surface area (Å²) in [7, 11) is 0. The molecule has 0 aliphatic heterocycles. The number of hydrogen-bond donors (Lipinski definition) is 0. The zero-order valence-electron chi connectivity index (χ0n) is 12.1.